The zero-order valence-electron chi connectivity index (χ0n) is 77.0. The van der Waals surface area contributed by atoms with Gasteiger partial charge in [-0.2, -0.15) is 0 Å². The van der Waals surface area contributed by atoms with Crippen molar-refractivity contribution < 1.29 is 0 Å². The molecule has 0 aliphatic carbocycles. The minimum atomic E-state index is 1.12. The second kappa shape index (κ2) is 37.7. The number of hydrogen-bond donors (Lipinski definition) is 0. The Kier molecular flexibility index (Phi) is 22.7. The predicted molar refractivity (Wildman–Crippen MR) is 594 cm³/mol. The fraction of sp³-hybridized carbons (Fsp3) is 0. The maximum absolute atomic E-state index is 2.42. The van der Waals surface area contributed by atoms with Gasteiger partial charge in [0.25, 0.3) is 0 Å². The highest BCUT2D eigenvalue weighted by Gasteiger charge is 2.25. The van der Waals surface area contributed by atoms with Crippen molar-refractivity contribution in [1.82, 2.24) is 13.7 Å². The van der Waals surface area contributed by atoms with Gasteiger partial charge < -0.3 is 28.4 Å². The lowest BCUT2D eigenvalue weighted by Gasteiger charge is -2.27. The Labute approximate surface area is 814 Å². The minimum absolute atomic E-state index is 1.12. The molecule has 0 spiro atoms. The SMILES string of the molecule is c1ccc(N(c2ccccc2)c2ccc(-c3ccc(-c4cccc5c6ccccc6n(-c6ccccc6)c45)c4ccccc34)cc2)cc1.c1ccc(N(c2ccccc2)c2ccc(-c3ccc(-c4cccc5c6ccccc6n(-c6ccccc6)c45)cc3)c3ccccc23)cc1.c1ccc(N(c2ccccc2)c2cccc(-c3cccc(-c4cccc5c6ccccc6n(-c6ccccc6)c45)c3)c2)cc1. The van der Waals surface area contributed by atoms with Crippen molar-refractivity contribution in [3.05, 3.63) is 570 Å². The summed E-state index contributed by atoms with van der Waals surface area (Å²) in [7, 11) is 0. The summed E-state index contributed by atoms with van der Waals surface area (Å²) in [5.74, 6) is 0. The summed E-state index contributed by atoms with van der Waals surface area (Å²) >= 11 is 0. The molecule has 140 heavy (non-hydrogen) atoms. The minimum Gasteiger partial charge on any atom is -0.311 e. The molecule has 6 nitrogen and oxygen atoms in total. The number of para-hydroxylation sites is 15. The molecule has 0 saturated heterocycles. The van der Waals surface area contributed by atoms with Gasteiger partial charge in [0, 0.05) is 117 Å². The van der Waals surface area contributed by atoms with E-state index in [0.717, 1.165) is 62.6 Å². The number of nitrogens with zero attached hydrogens (tertiary/aromatic N) is 6. The molecule has 0 saturated carbocycles. The van der Waals surface area contributed by atoms with Crippen molar-refractivity contribution in [3.63, 3.8) is 0 Å². The van der Waals surface area contributed by atoms with Crippen LogP contribution in [0.1, 0.15) is 0 Å². The molecule has 0 unspecified atom stereocenters. The number of benzene rings is 23. The van der Waals surface area contributed by atoms with Gasteiger partial charge in [0.2, 0.25) is 0 Å². The molecule has 0 aliphatic rings. The van der Waals surface area contributed by atoms with E-state index in [-0.39, 0.29) is 0 Å². The van der Waals surface area contributed by atoms with Gasteiger partial charge in [0.05, 0.1) is 38.8 Å². The van der Waals surface area contributed by atoms with Crippen LogP contribution in [0.3, 0.4) is 0 Å². The fourth-order valence-corrected chi connectivity index (χ4v) is 20.9. The summed E-state index contributed by atoms with van der Waals surface area (Å²) in [6.07, 6.45) is 0. The van der Waals surface area contributed by atoms with Crippen LogP contribution >= 0.6 is 0 Å². The molecule has 0 amide bonds. The van der Waals surface area contributed by atoms with E-state index >= 15 is 0 Å². The van der Waals surface area contributed by atoms with Gasteiger partial charge in [-0.1, -0.05) is 406 Å². The van der Waals surface area contributed by atoms with Gasteiger partial charge in [-0.15, -0.1) is 0 Å². The fourth-order valence-electron chi connectivity index (χ4n) is 20.9. The van der Waals surface area contributed by atoms with Gasteiger partial charge in [0.15, 0.2) is 0 Å². The molecular formula is C134H94N6. The third-order valence-electron chi connectivity index (χ3n) is 27.1. The predicted octanol–water partition coefficient (Wildman–Crippen LogP) is 37.1. The van der Waals surface area contributed by atoms with Gasteiger partial charge in [-0.05, 0) is 230 Å². The second-order valence-corrected chi connectivity index (χ2v) is 35.3. The van der Waals surface area contributed by atoms with Crippen molar-refractivity contribution in [2.24, 2.45) is 0 Å². The van der Waals surface area contributed by atoms with Crippen LogP contribution in [0.5, 0.6) is 0 Å². The number of aromatic nitrogens is 3. The first kappa shape index (κ1) is 84.4. The summed E-state index contributed by atoms with van der Waals surface area (Å²) < 4.78 is 7.24. The van der Waals surface area contributed by atoms with E-state index in [1.165, 1.54) is 159 Å². The van der Waals surface area contributed by atoms with Crippen LogP contribution in [0.4, 0.5) is 51.2 Å². The Hall–Kier alpha value is -18.6. The monoisotopic (exact) mass is 1790 g/mol. The van der Waals surface area contributed by atoms with Crippen LogP contribution < -0.4 is 14.7 Å². The third-order valence-corrected chi connectivity index (χ3v) is 27.1. The Bertz CT molecular complexity index is 8820. The number of rotatable bonds is 18. The second-order valence-electron chi connectivity index (χ2n) is 35.3. The molecule has 0 N–H and O–H groups in total. The average molecular weight is 1790 g/mol. The van der Waals surface area contributed by atoms with Gasteiger partial charge in [0.1, 0.15) is 0 Å². The summed E-state index contributed by atoms with van der Waals surface area (Å²) in [5.41, 5.74) is 35.5. The molecule has 6 heteroatoms. The van der Waals surface area contributed by atoms with Crippen molar-refractivity contribution in [2.75, 3.05) is 14.7 Å². The standard InChI is InChI=1S/2C46H32N2.C42H30N2/c1-4-15-35(16-5-1)47(36-17-6-2-7-18-36)45-32-31-38(40-21-10-11-22-41(40)45)33-27-29-34(30-28-33)39-24-14-25-43-42-23-12-13-26-44(42)48(46(39)43)37-19-8-3-9-20-37;1-4-15-34(16-5-1)47(35-17-6-2-7-18-35)37-29-27-33(28-30-37)38-31-32-41(40-22-11-10-21-39(38)40)43-24-14-25-44-42-23-12-13-26-45(42)48(46(43)44)36-19-8-3-9-20-36;1-4-18-34(19-5-1)43(35-20-6-2-7-21-35)37-24-13-16-32(30-37)31-15-12-17-33(29-31)38-26-14-27-40-39-25-10-11-28-41(39)44(42(38)40)36-22-8-3-9-23-36/h2*1-32H;1-30H. The average Bonchev–Trinajstić information content (AvgIpc) is 1.57. The van der Waals surface area contributed by atoms with E-state index in [1.807, 2.05) is 0 Å². The molecular weight excluding hydrogens is 1690 g/mol. The molecule has 0 fully saturated rings. The van der Waals surface area contributed by atoms with Crippen molar-refractivity contribution in [1.29, 1.82) is 0 Å². The topological polar surface area (TPSA) is 24.5 Å². The van der Waals surface area contributed by atoms with Gasteiger partial charge in [-0.3, -0.25) is 0 Å². The molecule has 23 aromatic carbocycles. The van der Waals surface area contributed by atoms with Crippen LogP contribution in [0.25, 0.3) is 171 Å². The first-order valence-electron chi connectivity index (χ1n) is 47.9. The van der Waals surface area contributed by atoms with Crippen LogP contribution in [-0.2, 0) is 0 Å². The lowest BCUT2D eigenvalue weighted by molar-refractivity contribution is 1.18. The molecule has 3 heterocycles. The lowest BCUT2D eigenvalue weighted by Crippen LogP contribution is -2.10. The molecule has 26 aromatic rings. The van der Waals surface area contributed by atoms with E-state index in [1.54, 1.807) is 0 Å². The van der Waals surface area contributed by atoms with E-state index in [4.69, 9.17) is 0 Å². The van der Waals surface area contributed by atoms with E-state index in [0.29, 0.717) is 0 Å². The Morgan fingerprint density at radius 1 is 0.121 bits per heavy atom. The van der Waals surface area contributed by atoms with Crippen LogP contribution in [0.15, 0.2) is 570 Å². The van der Waals surface area contributed by atoms with Crippen molar-refractivity contribution in [2.45, 2.75) is 0 Å². The Balaban J connectivity index is 0.000000114. The van der Waals surface area contributed by atoms with Crippen molar-refractivity contribution >= 4 is 138 Å². The number of hydrogen-bond acceptors (Lipinski definition) is 3. The molecule has 0 radical (unpaired) electrons. The van der Waals surface area contributed by atoms with Crippen LogP contribution in [-0.4, -0.2) is 13.7 Å². The normalized spacial score (nSPS) is 11.3. The maximum Gasteiger partial charge on any atom is 0.0619 e. The highest BCUT2D eigenvalue weighted by molar-refractivity contribution is 6.19. The summed E-state index contributed by atoms with van der Waals surface area (Å²) in [6.45, 7) is 0. The Morgan fingerprint density at radius 2 is 0.371 bits per heavy atom. The van der Waals surface area contributed by atoms with E-state index < -0.39 is 0 Å². The van der Waals surface area contributed by atoms with Gasteiger partial charge >= 0.3 is 0 Å². The largest absolute Gasteiger partial charge is 0.311 e. The lowest BCUT2D eigenvalue weighted by atomic mass is 9.91. The maximum atomic E-state index is 2.42. The third kappa shape index (κ3) is 15.9. The quantitative estimate of drug-likeness (QED) is 0.0856. The van der Waals surface area contributed by atoms with E-state index in [9.17, 15) is 0 Å². The van der Waals surface area contributed by atoms with E-state index in [2.05, 4.69) is 599 Å². The molecule has 0 atom stereocenters. The summed E-state index contributed by atoms with van der Waals surface area (Å²) in [4.78, 5) is 6.96. The smallest absolute Gasteiger partial charge is 0.0619 e. The molecule has 0 bridgehead atoms. The van der Waals surface area contributed by atoms with Gasteiger partial charge in [-0.25, -0.2) is 0 Å². The highest BCUT2D eigenvalue weighted by Crippen LogP contribution is 2.49. The summed E-state index contributed by atoms with van der Waals surface area (Å²) in [5, 5.41) is 12.5. The number of anilines is 9. The zero-order valence-corrected chi connectivity index (χ0v) is 77.0. The first-order valence-corrected chi connectivity index (χ1v) is 47.9. The molecule has 26 rings (SSSR count). The van der Waals surface area contributed by atoms with Crippen molar-refractivity contribution in [3.8, 4) is 83.8 Å². The Morgan fingerprint density at radius 3 is 0.786 bits per heavy atom. The first-order chi connectivity index (χ1) is 69.5. The zero-order chi connectivity index (χ0) is 93.0. The number of fused-ring (bicyclic) bond motifs is 11. The molecule has 0 aliphatic heterocycles. The molecule has 660 valence electrons. The van der Waals surface area contributed by atoms with Crippen LogP contribution in [0.2, 0.25) is 0 Å². The summed E-state index contributed by atoms with van der Waals surface area (Å²) in [6, 6.07) is 204. The highest BCUT2D eigenvalue weighted by atomic mass is 15.2. The molecule has 3 aromatic heterocycles. The van der Waals surface area contributed by atoms with Crippen LogP contribution in [0, 0.1) is 0 Å².